The third-order valence-corrected chi connectivity index (χ3v) is 2.62. The molecule has 1 heterocycles. The van der Waals surface area contributed by atoms with Crippen molar-refractivity contribution in [2.45, 2.75) is 0 Å². The van der Waals surface area contributed by atoms with E-state index in [4.69, 9.17) is 5.73 Å². The summed E-state index contributed by atoms with van der Waals surface area (Å²) < 4.78 is 0. The molecular formula is C14H12N6. The summed E-state index contributed by atoms with van der Waals surface area (Å²) in [5.41, 5.74) is 7.35. The van der Waals surface area contributed by atoms with Crippen molar-refractivity contribution in [3.05, 3.63) is 60.7 Å². The first kappa shape index (κ1) is 12.0. The quantitative estimate of drug-likeness (QED) is 0.737. The van der Waals surface area contributed by atoms with E-state index in [0.717, 1.165) is 11.4 Å². The number of nitrogens with two attached hydrogens (primary N) is 1. The van der Waals surface area contributed by atoms with Crippen molar-refractivity contribution < 1.29 is 0 Å². The van der Waals surface area contributed by atoms with Gasteiger partial charge in [0.1, 0.15) is 0 Å². The van der Waals surface area contributed by atoms with Gasteiger partial charge in [-0.25, -0.2) is 0 Å². The molecule has 0 bridgehead atoms. The van der Waals surface area contributed by atoms with Crippen molar-refractivity contribution in [2.75, 3.05) is 5.73 Å². The molecule has 0 atom stereocenters. The Labute approximate surface area is 115 Å². The van der Waals surface area contributed by atoms with Crippen molar-refractivity contribution in [3.8, 4) is 5.69 Å². The van der Waals surface area contributed by atoms with Crippen LogP contribution in [0.3, 0.4) is 0 Å². The molecule has 0 amide bonds. The molecule has 0 aliphatic heterocycles. The Kier molecular flexibility index (Phi) is 3.20. The second-order valence-corrected chi connectivity index (χ2v) is 4.07. The van der Waals surface area contributed by atoms with Crippen molar-refractivity contribution in [3.63, 3.8) is 0 Å². The molecule has 20 heavy (non-hydrogen) atoms. The second-order valence-electron chi connectivity index (χ2n) is 4.07. The number of nitrogens with zero attached hydrogens (tertiary/aromatic N) is 5. The molecule has 0 saturated carbocycles. The van der Waals surface area contributed by atoms with Gasteiger partial charge in [-0.3, -0.25) is 0 Å². The summed E-state index contributed by atoms with van der Waals surface area (Å²) in [6.07, 6.45) is 0. The molecule has 0 saturated heterocycles. The zero-order valence-corrected chi connectivity index (χ0v) is 10.6. The van der Waals surface area contributed by atoms with Crippen molar-refractivity contribution in [1.82, 2.24) is 15.0 Å². The number of nitrogen functional groups attached to an aromatic ring is 1. The van der Waals surface area contributed by atoms with Gasteiger partial charge in [0.25, 0.3) is 0 Å². The summed E-state index contributed by atoms with van der Waals surface area (Å²) >= 11 is 0. The average molecular weight is 264 g/mol. The van der Waals surface area contributed by atoms with Gasteiger partial charge in [-0.15, -0.1) is 25.2 Å². The SMILES string of the molecule is Nc1nn(-c2ccccc2)nc1N=Nc1ccccc1. The molecule has 98 valence electrons. The summed E-state index contributed by atoms with van der Waals surface area (Å²) in [5.74, 6) is 0.547. The summed E-state index contributed by atoms with van der Waals surface area (Å²) in [7, 11) is 0. The molecule has 2 N–H and O–H groups in total. The van der Waals surface area contributed by atoms with E-state index in [-0.39, 0.29) is 5.82 Å². The van der Waals surface area contributed by atoms with Crippen LogP contribution in [0.4, 0.5) is 17.3 Å². The summed E-state index contributed by atoms with van der Waals surface area (Å²) in [4.78, 5) is 1.44. The summed E-state index contributed by atoms with van der Waals surface area (Å²) in [5, 5.41) is 16.4. The Balaban J connectivity index is 1.89. The van der Waals surface area contributed by atoms with Gasteiger partial charge < -0.3 is 5.73 Å². The van der Waals surface area contributed by atoms with Crippen LogP contribution >= 0.6 is 0 Å². The van der Waals surface area contributed by atoms with Crippen LogP contribution in [0, 0.1) is 0 Å². The molecule has 1 aromatic heterocycles. The maximum Gasteiger partial charge on any atom is 0.240 e. The van der Waals surface area contributed by atoms with E-state index < -0.39 is 0 Å². The summed E-state index contributed by atoms with van der Waals surface area (Å²) in [6.45, 7) is 0. The fraction of sp³-hybridized carbons (Fsp3) is 0. The van der Waals surface area contributed by atoms with E-state index in [1.807, 2.05) is 60.7 Å². The number of azo groups is 1. The highest BCUT2D eigenvalue weighted by atomic mass is 15.5. The fourth-order valence-corrected chi connectivity index (χ4v) is 1.66. The normalized spacial score (nSPS) is 11.0. The first-order valence-corrected chi connectivity index (χ1v) is 6.08. The standard InChI is InChI=1S/C14H12N6/c15-13-14(17-16-11-7-3-1-4-8-11)19-20(18-13)12-9-5-2-6-10-12/h1-10H,(H2,15,18). The number of hydrogen-bond donors (Lipinski definition) is 1. The Morgan fingerprint density at radius 2 is 1.45 bits per heavy atom. The van der Waals surface area contributed by atoms with Gasteiger partial charge in [0.2, 0.25) is 5.82 Å². The zero-order chi connectivity index (χ0) is 13.8. The predicted molar refractivity (Wildman–Crippen MR) is 76.4 cm³/mol. The number of benzene rings is 2. The minimum absolute atomic E-state index is 0.244. The minimum atomic E-state index is 0.244. The molecular weight excluding hydrogens is 252 g/mol. The molecule has 3 aromatic rings. The van der Waals surface area contributed by atoms with E-state index in [9.17, 15) is 0 Å². The lowest BCUT2D eigenvalue weighted by molar-refractivity contribution is 0.754. The number of hydrogen-bond acceptors (Lipinski definition) is 5. The van der Waals surface area contributed by atoms with Gasteiger partial charge in [-0.2, -0.15) is 0 Å². The molecule has 0 unspecified atom stereocenters. The van der Waals surface area contributed by atoms with Crippen LogP contribution in [-0.4, -0.2) is 15.0 Å². The highest BCUT2D eigenvalue weighted by Gasteiger charge is 2.08. The van der Waals surface area contributed by atoms with E-state index in [1.54, 1.807) is 0 Å². The minimum Gasteiger partial charge on any atom is -0.379 e. The Morgan fingerprint density at radius 3 is 2.15 bits per heavy atom. The van der Waals surface area contributed by atoms with E-state index in [0.29, 0.717) is 5.82 Å². The molecule has 0 spiro atoms. The highest BCUT2D eigenvalue weighted by Crippen LogP contribution is 2.21. The van der Waals surface area contributed by atoms with Crippen LogP contribution in [-0.2, 0) is 0 Å². The Bertz CT molecular complexity index is 718. The molecule has 2 aromatic carbocycles. The third kappa shape index (κ3) is 2.54. The van der Waals surface area contributed by atoms with Gasteiger partial charge in [0, 0.05) is 0 Å². The first-order valence-electron chi connectivity index (χ1n) is 6.08. The number of rotatable bonds is 3. The van der Waals surface area contributed by atoms with Gasteiger partial charge in [-0.1, -0.05) is 36.4 Å². The topological polar surface area (TPSA) is 81.5 Å². The number of anilines is 1. The lowest BCUT2D eigenvalue weighted by atomic mass is 10.3. The molecule has 0 radical (unpaired) electrons. The first-order chi connectivity index (χ1) is 9.83. The maximum absolute atomic E-state index is 5.79. The van der Waals surface area contributed by atoms with Crippen molar-refractivity contribution in [2.24, 2.45) is 10.2 Å². The molecule has 6 nitrogen and oxygen atoms in total. The van der Waals surface area contributed by atoms with Gasteiger partial charge >= 0.3 is 0 Å². The predicted octanol–water partition coefficient (Wildman–Crippen LogP) is 3.26. The van der Waals surface area contributed by atoms with Crippen molar-refractivity contribution in [1.29, 1.82) is 0 Å². The molecule has 6 heteroatoms. The van der Waals surface area contributed by atoms with Crippen LogP contribution in [0.15, 0.2) is 70.9 Å². The van der Waals surface area contributed by atoms with Crippen LogP contribution < -0.4 is 5.73 Å². The van der Waals surface area contributed by atoms with Gasteiger partial charge in [0.05, 0.1) is 11.4 Å². The van der Waals surface area contributed by atoms with E-state index >= 15 is 0 Å². The highest BCUT2D eigenvalue weighted by molar-refractivity contribution is 5.51. The molecule has 0 aliphatic carbocycles. The van der Waals surface area contributed by atoms with Crippen LogP contribution in [0.2, 0.25) is 0 Å². The monoisotopic (exact) mass is 264 g/mol. The number of aromatic nitrogens is 3. The maximum atomic E-state index is 5.79. The van der Waals surface area contributed by atoms with E-state index in [1.165, 1.54) is 4.80 Å². The second kappa shape index (κ2) is 5.31. The Hall–Kier alpha value is -3.02. The Morgan fingerprint density at radius 1 is 0.800 bits per heavy atom. The van der Waals surface area contributed by atoms with Crippen LogP contribution in [0.25, 0.3) is 5.69 Å². The van der Waals surface area contributed by atoms with Crippen LogP contribution in [0.5, 0.6) is 0 Å². The van der Waals surface area contributed by atoms with Gasteiger partial charge in [-0.05, 0) is 24.3 Å². The van der Waals surface area contributed by atoms with Crippen molar-refractivity contribution >= 4 is 17.3 Å². The lowest BCUT2D eigenvalue weighted by Crippen LogP contribution is -1.98. The summed E-state index contributed by atoms with van der Waals surface area (Å²) in [6, 6.07) is 18.9. The molecule has 0 fully saturated rings. The molecule has 3 rings (SSSR count). The third-order valence-electron chi connectivity index (χ3n) is 2.62. The van der Waals surface area contributed by atoms with Crippen LogP contribution in [0.1, 0.15) is 0 Å². The zero-order valence-electron chi connectivity index (χ0n) is 10.6. The smallest absolute Gasteiger partial charge is 0.240 e. The number of para-hydroxylation sites is 1. The fourth-order valence-electron chi connectivity index (χ4n) is 1.66. The lowest BCUT2D eigenvalue weighted by Gasteiger charge is -1.95. The van der Waals surface area contributed by atoms with Gasteiger partial charge in [0.15, 0.2) is 5.82 Å². The largest absolute Gasteiger partial charge is 0.379 e. The van der Waals surface area contributed by atoms with E-state index in [2.05, 4.69) is 20.4 Å². The average Bonchev–Trinajstić information content (AvgIpc) is 2.88. The molecule has 0 aliphatic rings.